The van der Waals surface area contributed by atoms with Gasteiger partial charge in [0.15, 0.2) is 0 Å². The van der Waals surface area contributed by atoms with Crippen molar-refractivity contribution in [3.8, 4) is 0 Å². The van der Waals surface area contributed by atoms with E-state index < -0.39 is 106 Å². The molecule has 9 N–H and O–H groups in total. The van der Waals surface area contributed by atoms with E-state index in [0.29, 0.717) is 38.5 Å². The SMILES string of the molecule is CC(C)(C)OC(=O)NCCCCC(NC(=O)OC(C)(C)C)C(=O)NCCN(CCNC(=O)C(CCCCNC(=O)OC(C)(C)C)NC(=O)OC(C)(C)C)CCNC(=O)C(CCCCNC(=O)OC(C)(C)C)NC(=O)OC(C)(C)C. The maximum Gasteiger partial charge on any atom is 0.408 e. The zero-order valence-electron chi connectivity index (χ0n) is 51.0. The predicted molar refractivity (Wildman–Crippen MR) is 299 cm³/mol. The van der Waals surface area contributed by atoms with Crippen molar-refractivity contribution in [2.24, 2.45) is 0 Å². The molecule has 0 radical (unpaired) electrons. The van der Waals surface area contributed by atoms with E-state index in [-0.39, 0.29) is 78.2 Å². The summed E-state index contributed by atoms with van der Waals surface area (Å²) >= 11 is 0. The van der Waals surface area contributed by atoms with Gasteiger partial charge in [0, 0.05) is 58.9 Å². The third kappa shape index (κ3) is 43.5. The van der Waals surface area contributed by atoms with Gasteiger partial charge in [0.2, 0.25) is 17.7 Å². The Kier molecular flexibility index (Phi) is 32.2. The fourth-order valence-electron chi connectivity index (χ4n) is 6.81. The van der Waals surface area contributed by atoms with Crippen molar-refractivity contribution < 1.29 is 71.6 Å². The Morgan fingerprint density at radius 2 is 0.494 bits per heavy atom. The fourth-order valence-corrected chi connectivity index (χ4v) is 6.81. The molecule has 9 amide bonds. The highest BCUT2D eigenvalue weighted by Crippen LogP contribution is 2.13. The van der Waals surface area contributed by atoms with Crippen molar-refractivity contribution in [2.75, 3.05) is 58.9 Å². The van der Waals surface area contributed by atoms with Crippen molar-refractivity contribution in [1.29, 1.82) is 0 Å². The first kappa shape index (κ1) is 73.0. The number of unbranched alkanes of at least 4 members (excludes halogenated alkanes) is 3. The molecule has 0 aliphatic heterocycles. The van der Waals surface area contributed by atoms with Crippen LogP contribution >= 0.6 is 0 Å². The number of ether oxygens (including phenoxy) is 6. The monoisotopic (exact) mass is 1130 g/mol. The van der Waals surface area contributed by atoms with Crippen molar-refractivity contribution in [2.45, 2.75) is 234 Å². The quantitative estimate of drug-likeness (QED) is 0.0277. The first-order valence-corrected chi connectivity index (χ1v) is 27.6. The lowest BCUT2D eigenvalue weighted by molar-refractivity contribution is -0.123. The van der Waals surface area contributed by atoms with E-state index in [4.69, 9.17) is 28.4 Å². The molecule has 0 spiro atoms. The lowest BCUT2D eigenvalue weighted by Crippen LogP contribution is -2.52. The molecule has 0 bridgehead atoms. The Hall–Kier alpha value is -6.01. The van der Waals surface area contributed by atoms with Gasteiger partial charge >= 0.3 is 36.6 Å². The van der Waals surface area contributed by atoms with Crippen LogP contribution in [0.25, 0.3) is 0 Å². The maximum absolute atomic E-state index is 13.7. The van der Waals surface area contributed by atoms with Crippen LogP contribution in [-0.4, -0.2) is 170 Å². The maximum atomic E-state index is 13.7. The van der Waals surface area contributed by atoms with E-state index in [2.05, 4.69) is 47.9 Å². The standard InChI is InChI=1S/C54H102N10O15/c1-49(2,3)74-43(68)58-28-22-19-25-37(61-46(71)77-52(10,11)12)40(65)55-31-34-64(35-32-56-41(66)38(62-47(72)78-53(13,14)15)26-20-23-29-59-44(69)75-50(4,5)6)36-33-57-42(67)39(63-48(73)79-54(16,17)18)27-21-24-30-60-45(70)76-51(7,8)9/h37-39H,19-36H2,1-18H3,(H,55,65)(H,56,66)(H,57,67)(H,58,68)(H,59,69)(H,60,70)(H,61,71)(H,62,72)(H,63,73). The zero-order valence-corrected chi connectivity index (χ0v) is 51.0. The number of amides is 9. The van der Waals surface area contributed by atoms with Crippen LogP contribution in [0.4, 0.5) is 28.8 Å². The van der Waals surface area contributed by atoms with Crippen molar-refractivity contribution in [3.63, 3.8) is 0 Å². The molecule has 0 aromatic heterocycles. The van der Waals surface area contributed by atoms with Crippen LogP contribution in [0.15, 0.2) is 0 Å². The third-order valence-corrected chi connectivity index (χ3v) is 9.97. The molecule has 0 rings (SSSR count). The minimum Gasteiger partial charge on any atom is -0.444 e. The summed E-state index contributed by atoms with van der Waals surface area (Å²) < 4.78 is 32.2. The number of nitrogens with zero attached hydrogens (tertiary/aromatic N) is 1. The summed E-state index contributed by atoms with van der Waals surface area (Å²) in [4.78, 5) is 118. The van der Waals surface area contributed by atoms with Crippen LogP contribution in [0, 0.1) is 0 Å². The Labute approximate surface area is 470 Å². The Balaban J connectivity index is 6.35. The second-order valence-corrected chi connectivity index (χ2v) is 25.1. The molecular formula is C54H102N10O15. The number of carbonyl (C=O) groups is 9. The third-order valence-electron chi connectivity index (χ3n) is 9.97. The van der Waals surface area contributed by atoms with Crippen LogP contribution in [0.2, 0.25) is 0 Å². The van der Waals surface area contributed by atoms with E-state index >= 15 is 0 Å². The molecule has 79 heavy (non-hydrogen) atoms. The van der Waals surface area contributed by atoms with Gasteiger partial charge in [-0.05, 0) is 182 Å². The molecule has 0 aliphatic carbocycles. The van der Waals surface area contributed by atoms with E-state index in [1.165, 1.54) is 0 Å². The molecule has 0 aromatic carbocycles. The van der Waals surface area contributed by atoms with Crippen LogP contribution in [0.3, 0.4) is 0 Å². The van der Waals surface area contributed by atoms with Crippen molar-refractivity contribution in [3.05, 3.63) is 0 Å². The Morgan fingerprint density at radius 3 is 0.696 bits per heavy atom. The summed E-state index contributed by atoms with van der Waals surface area (Å²) in [6.07, 6.45) is -0.723. The normalized spacial score (nSPS) is 13.3. The first-order valence-electron chi connectivity index (χ1n) is 27.6. The van der Waals surface area contributed by atoms with E-state index in [9.17, 15) is 43.2 Å². The average molecular weight is 1130 g/mol. The molecule has 0 fully saturated rings. The Morgan fingerprint density at radius 1 is 0.291 bits per heavy atom. The topological polar surface area (TPSA) is 321 Å². The van der Waals surface area contributed by atoms with Gasteiger partial charge in [0.1, 0.15) is 51.7 Å². The molecule has 0 heterocycles. The van der Waals surface area contributed by atoms with Gasteiger partial charge in [-0.3, -0.25) is 19.3 Å². The number of carbonyl (C=O) groups excluding carboxylic acids is 9. The minimum atomic E-state index is -1.01. The van der Waals surface area contributed by atoms with E-state index in [0.717, 1.165) is 0 Å². The van der Waals surface area contributed by atoms with Gasteiger partial charge in [0.05, 0.1) is 0 Å². The summed E-state index contributed by atoms with van der Waals surface area (Å²) in [5, 5.41) is 24.7. The highest BCUT2D eigenvalue weighted by molar-refractivity contribution is 5.87. The highest BCUT2D eigenvalue weighted by Gasteiger charge is 2.28. The molecule has 0 aromatic rings. The fraction of sp³-hybridized carbons (Fsp3) is 0.833. The summed E-state index contributed by atoms with van der Waals surface area (Å²) in [6.45, 7) is 32.7. The highest BCUT2D eigenvalue weighted by atomic mass is 16.6. The smallest absolute Gasteiger partial charge is 0.408 e. The number of rotatable bonds is 30. The molecule has 0 saturated carbocycles. The molecule has 3 unspecified atom stereocenters. The van der Waals surface area contributed by atoms with E-state index in [1.54, 1.807) is 125 Å². The number of hydrogen-bond donors (Lipinski definition) is 9. The molecule has 25 nitrogen and oxygen atoms in total. The molecule has 3 atom stereocenters. The van der Waals surface area contributed by atoms with Crippen LogP contribution < -0.4 is 47.9 Å². The molecule has 0 saturated heterocycles. The second-order valence-electron chi connectivity index (χ2n) is 25.1. The molecule has 0 aliphatic rings. The summed E-state index contributed by atoms with van der Waals surface area (Å²) in [7, 11) is 0. The van der Waals surface area contributed by atoms with Crippen LogP contribution in [0.5, 0.6) is 0 Å². The van der Waals surface area contributed by atoms with Gasteiger partial charge in [-0.25, -0.2) is 28.8 Å². The van der Waals surface area contributed by atoms with Crippen molar-refractivity contribution >= 4 is 54.3 Å². The largest absolute Gasteiger partial charge is 0.444 e. The number of nitrogens with one attached hydrogen (secondary N) is 9. The zero-order chi connectivity index (χ0) is 60.8. The first-order chi connectivity index (χ1) is 36.1. The minimum absolute atomic E-state index is 0.0632. The number of hydrogen-bond acceptors (Lipinski definition) is 16. The average Bonchev–Trinajstić information content (AvgIpc) is 3.23. The predicted octanol–water partition coefficient (Wildman–Crippen LogP) is 6.40. The molecule has 25 heteroatoms. The van der Waals surface area contributed by atoms with Crippen molar-refractivity contribution in [1.82, 2.24) is 52.8 Å². The van der Waals surface area contributed by atoms with E-state index in [1.807, 2.05) is 4.90 Å². The molecular weight excluding hydrogens is 1030 g/mol. The Bertz CT molecular complexity index is 1700. The van der Waals surface area contributed by atoms with Gasteiger partial charge in [-0.15, -0.1) is 0 Å². The lowest BCUT2D eigenvalue weighted by Gasteiger charge is -2.26. The lowest BCUT2D eigenvalue weighted by atomic mass is 10.1. The van der Waals surface area contributed by atoms with Gasteiger partial charge in [-0.2, -0.15) is 0 Å². The summed E-state index contributed by atoms with van der Waals surface area (Å²) in [5.41, 5.74) is -4.54. The second kappa shape index (κ2) is 34.9. The number of alkyl carbamates (subject to hydrolysis) is 6. The van der Waals surface area contributed by atoms with Crippen LogP contribution in [0.1, 0.15) is 182 Å². The molecule has 458 valence electrons. The van der Waals surface area contributed by atoms with Gasteiger partial charge in [0.25, 0.3) is 0 Å². The summed E-state index contributed by atoms with van der Waals surface area (Å²) in [5.74, 6) is -1.49. The van der Waals surface area contributed by atoms with Crippen LogP contribution in [-0.2, 0) is 42.8 Å². The van der Waals surface area contributed by atoms with Gasteiger partial charge in [-0.1, -0.05) is 0 Å². The van der Waals surface area contributed by atoms with Gasteiger partial charge < -0.3 is 76.3 Å². The summed E-state index contributed by atoms with van der Waals surface area (Å²) in [6, 6.07) is -3.02.